The largest absolute Gasteiger partial charge is 0.478 e. The summed E-state index contributed by atoms with van der Waals surface area (Å²) in [4.78, 5) is 13.6. The molecule has 3 nitrogen and oxygen atoms in total. The molecule has 0 atom stereocenters. The Hall–Kier alpha value is -1.74. The van der Waals surface area contributed by atoms with Crippen LogP contribution in [-0.2, 0) is 4.79 Å². The summed E-state index contributed by atoms with van der Waals surface area (Å²) in [6, 6.07) is 5.54. The monoisotopic (exact) mass is 235 g/mol. The summed E-state index contributed by atoms with van der Waals surface area (Å²) in [5.41, 5.74) is 2.39. The van der Waals surface area contributed by atoms with Crippen LogP contribution >= 0.6 is 11.6 Å². The van der Waals surface area contributed by atoms with Crippen molar-refractivity contribution in [1.29, 1.82) is 0 Å². The van der Waals surface area contributed by atoms with Crippen LogP contribution in [0.3, 0.4) is 0 Å². The van der Waals surface area contributed by atoms with Gasteiger partial charge in [-0.3, -0.25) is 0 Å². The molecule has 1 heterocycles. The van der Waals surface area contributed by atoms with E-state index in [1.807, 2.05) is 12.1 Å². The normalized spacial score (nSPS) is 12.0. The number of benzene rings is 1. The Bertz CT molecular complexity index is 584. The van der Waals surface area contributed by atoms with Gasteiger partial charge in [0.1, 0.15) is 0 Å². The number of aromatic nitrogens is 1. The zero-order valence-electron chi connectivity index (χ0n) is 8.62. The molecular weight excluding hydrogens is 226 g/mol. The van der Waals surface area contributed by atoms with E-state index in [2.05, 4.69) is 4.98 Å². The Morgan fingerprint density at radius 2 is 2.25 bits per heavy atom. The highest BCUT2D eigenvalue weighted by atomic mass is 35.5. The van der Waals surface area contributed by atoms with E-state index in [1.165, 1.54) is 6.08 Å². The van der Waals surface area contributed by atoms with E-state index in [9.17, 15) is 4.79 Å². The molecule has 2 aromatic rings. The van der Waals surface area contributed by atoms with Gasteiger partial charge in [0.25, 0.3) is 0 Å². The van der Waals surface area contributed by atoms with E-state index >= 15 is 0 Å². The maximum atomic E-state index is 10.6. The number of carbonyl (C=O) groups is 1. The van der Waals surface area contributed by atoms with Crippen molar-refractivity contribution in [2.24, 2.45) is 0 Å². The lowest BCUT2D eigenvalue weighted by Gasteiger charge is -1.98. The van der Waals surface area contributed by atoms with Gasteiger partial charge < -0.3 is 10.1 Å². The maximum absolute atomic E-state index is 10.6. The predicted molar refractivity (Wildman–Crippen MR) is 64.6 cm³/mol. The molecule has 2 rings (SSSR count). The second-order valence-corrected chi connectivity index (χ2v) is 3.94. The topological polar surface area (TPSA) is 53.1 Å². The number of carboxylic acid groups (broad SMARTS) is 1. The molecule has 0 amide bonds. The van der Waals surface area contributed by atoms with Crippen LogP contribution in [-0.4, -0.2) is 16.1 Å². The maximum Gasteiger partial charge on any atom is 0.328 e. The summed E-state index contributed by atoms with van der Waals surface area (Å²) in [5.74, 6) is -0.950. The van der Waals surface area contributed by atoms with Crippen molar-refractivity contribution in [3.8, 4) is 0 Å². The molecule has 1 aromatic heterocycles. The number of aliphatic carboxylic acids is 1. The first-order valence-electron chi connectivity index (χ1n) is 4.77. The fourth-order valence-corrected chi connectivity index (χ4v) is 1.94. The van der Waals surface area contributed by atoms with E-state index in [0.717, 1.165) is 16.5 Å². The summed E-state index contributed by atoms with van der Waals surface area (Å²) < 4.78 is 0. The minimum Gasteiger partial charge on any atom is -0.478 e. The highest BCUT2D eigenvalue weighted by molar-refractivity contribution is 6.35. The first kappa shape index (κ1) is 10.8. The van der Waals surface area contributed by atoms with E-state index in [1.54, 1.807) is 19.2 Å². The second kappa shape index (κ2) is 4.02. The molecule has 0 unspecified atom stereocenters. The number of rotatable bonds is 2. The first-order valence-corrected chi connectivity index (χ1v) is 5.14. The van der Waals surface area contributed by atoms with Crippen molar-refractivity contribution >= 4 is 34.0 Å². The molecule has 4 heteroatoms. The number of H-pyrrole nitrogens is 1. The fourth-order valence-electron chi connectivity index (χ4n) is 1.71. The lowest BCUT2D eigenvalue weighted by Crippen LogP contribution is -1.89. The number of allylic oxidation sites excluding steroid dienone is 1. The molecule has 0 saturated heterocycles. The molecule has 0 bridgehead atoms. The third-order valence-corrected chi connectivity index (χ3v) is 2.74. The van der Waals surface area contributed by atoms with Crippen molar-refractivity contribution in [2.45, 2.75) is 6.92 Å². The van der Waals surface area contributed by atoms with Crippen molar-refractivity contribution < 1.29 is 9.90 Å². The summed E-state index contributed by atoms with van der Waals surface area (Å²) in [7, 11) is 0. The Kier molecular flexibility index (Phi) is 2.71. The van der Waals surface area contributed by atoms with Gasteiger partial charge in [-0.05, 0) is 18.6 Å². The van der Waals surface area contributed by atoms with Crippen LogP contribution in [0.15, 0.2) is 30.5 Å². The number of nitrogens with one attached hydrogen (secondary N) is 1. The standard InChI is InChI=1S/C12H10ClNO2/c1-7(5-11(15)16)9-6-14-12-8(9)3-2-4-10(12)13/h2-6,14H,1H3,(H,15,16). The molecule has 0 saturated carbocycles. The Morgan fingerprint density at radius 3 is 2.94 bits per heavy atom. The third kappa shape index (κ3) is 1.82. The van der Waals surface area contributed by atoms with Gasteiger partial charge in [0.15, 0.2) is 0 Å². The average molecular weight is 236 g/mol. The molecule has 0 aliphatic rings. The van der Waals surface area contributed by atoms with Crippen LogP contribution in [0.5, 0.6) is 0 Å². The van der Waals surface area contributed by atoms with Crippen molar-refractivity contribution in [3.63, 3.8) is 0 Å². The van der Waals surface area contributed by atoms with Crippen LogP contribution in [0.4, 0.5) is 0 Å². The summed E-state index contributed by atoms with van der Waals surface area (Å²) in [6.07, 6.45) is 2.95. The zero-order chi connectivity index (χ0) is 11.7. The predicted octanol–water partition coefficient (Wildman–Crippen LogP) is 3.31. The van der Waals surface area contributed by atoms with Gasteiger partial charge in [0.2, 0.25) is 0 Å². The van der Waals surface area contributed by atoms with Gasteiger partial charge >= 0.3 is 5.97 Å². The summed E-state index contributed by atoms with van der Waals surface area (Å²) >= 11 is 6.01. The third-order valence-electron chi connectivity index (χ3n) is 2.43. The minimum absolute atomic E-state index is 0.631. The van der Waals surface area contributed by atoms with Crippen LogP contribution in [0.25, 0.3) is 16.5 Å². The van der Waals surface area contributed by atoms with Crippen LogP contribution in [0.2, 0.25) is 5.02 Å². The van der Waals surface area contributed by atoms with E-state index < -0.39 is 5.97 Å². The molecule has 0 spiro atoms. The fraction of sp³-hybridized carbons (Fsp3) is 0.0833. The molecule has 1 aromatic carbocycles. The number of carboxylic acids is 1. The second-order valence-electron chi connectivity index (χ2n) is 3.53. The van der Waals surface area contributed by atoms with Crippen LogP contribution < -0.4 is 0 Å². The van der Waals surface area contributed by atoms with E-state index in [4.69, 9.17) is 16.7 Å². The quantitative estimate of drug-likeness (QED) is 0.785. The lowest BCUT2D eigenvalue weighted by molar-refractivity contribution is -0.131. The average Bonchev–Trinajstić information content (AvgIpc) is 2.61. The Labute approximate surface area is 97.4 Å². The van der Waals surface area contributed by atoms with Gasteiger partial charge in [-0.25, -0.2) is 4.79 Å². The Morgan fingerprint density at radius 1 is 1.50 bits per heavy atom. The number of fused-ring (bicyclic) bond motifs is 1. The van der Waals surface area contributed by atoms with Gasteiger partial charge in [-0.2, -0.15) is 0 Å². The number of halogens is 1. The SMILES string of the molecule is CC(=CC(=O)O)c1c[nH]c2c(Cl)cccc12. The first-order chi connectivity index (χ1) is 7.59. The summed E-state index contributed by atoms with van der Waals surface area (Å²) in [6.45, 7) is 1.76. The summed E-state index contributed by atoms with van der Waals surface area (Å²) in [5, 5.41) is 10.3. The van der Waals surface area contributed by atoms with Crippen molar-refractivity contribution in [1.82, 2.24) is 4.98 Å². The van der Waals surface area contributed by atoms with Gasteiger partial charge in [0, 0.05) is 23.2 Å². The van der Waals surface area contributed by atoms with Gasteiger partial charge in [0.05, 0.1) is 10.5 Å². The minimum atomic E-state index is -0.950. The Balaban J connectivity index is 2.63. The molecule has 16 heavy (non-hydrogen) atoms. The number of aromatic amines is 1. The van der Waals surface area contributed by atoms with Crippen molar-refractivity contribution in [3.05, 3.63) is 41.1 Å². The zero-order valence-corrected chi connectivity index (χ0v) is 9.38. The number of para-hydroxylation sites is 1. The molecule has 0 aliphatic heterocycles. The smallest absolute Gasteiger partial charge is 0.328 e. The molecule has 0 radical (unpaired) electrons. The highest BCUT2D eigenvalue weighted by Crippen LogP contribution is 2.29. The molecule has 0 fully saturated rings. The number of hydrogen-bond acceptors (Lipinski definition) is 1. The highest BCUT2D eigenvalue weighted by Gasteiger charge is 2.08. The van der Waals surface area contributed by atoms with Gasteiger partial charge in [-0.1, -0.05) is 23.7 Å². The van der Waals surface area contributed by atoms with Crippen LogP contribution in [0, 0.1) is 0 Å². The lowest BCUT2D eigenvalue weighted by atomic mass is 10.1. The van der Waals surface area contributed by atoms with Gasteiger partial charge in [-0.15, -0.1) is 0 Å². The van der Waals surface area contributed by atoms with E-state index in [-0.39, 0.29) is 0 Å². The molecule has 82 valence electrons. The van der Waals surface area contributed by atoms with Crippen LogP contribution in [0.1, 0.15) is 12.5 Å². The van der Waals surface area contributed by atoms with E-state index in [0.29, 0.717) is 10.6 Å². The molecular formula is C12H10ClNO2. The molecule has 0 aliphatic carbocycles. The molecule has 2 N–H and O–H groups in total. The van der Waals surface area contributed by atoms with Crippen molar-refractivity contribution in [2.75, 3.05) is 0 Å². The number of hydrogen-bond donors (Lipinski definition) is 2.